The SMILES string of the molecule is CC(NC(=O)CSc1ccc2ccccc2n1)c1ccc2c(c1)OCO2. The summed E-state index contributed by atoms with van der Waals surface area (Å²) in [5.41, 5.74) is 1.92. The first-order chi connectivity index (χ1) is 12.7. The van der Waals surface area contributed by atoms with Gasteiger partial charge in [0.1, 0.15) is 0 Å². The van der Waals surface area contributed by atoms with Crippen molar-refractivity contribution < 1.29 is 14.3 Å². The molecule has 0 bridgehead atoms. The van der Waals surface area contributed by atoms with Gasteiger partial charge >= 0.3 is 0 Å². The van der Waals surface area contributed by atoms with E-state index in [2.05, 4.69) is 10.3 Å². The fourth-order valence-electron chi connectivity index (χ4n) is 2.82. The Bertz CT molecular complexity index is 961. The molecule has 0 spiro atoms. The van der Waals surface area contributed by atoms with Crippen LogP contribution in [-0.4, -0.2) is 23.4 Å². The zero-order valence-electron chi connectivity index (χ0n) is 14.3. The molecule has 0 radical (unpaired) electrons. The molecule has 2 aromatic carbocycles. The lowest BCUT2D eigenvalue weighted by Gasteiger charge is -2.14. The fourth-order valence-corrected chi connectivity index (χ4v) is 3.51. The summed E-state index contributed by atoms with van der Waals surface area (Å²) < 4.78 is 10.7. The second-order valence-electron chi connectivity index (χ2n) is 6.03. The molecule has 0 saturated carbocycles. The van der Waals surface area contributed by atoms with Crippen molar-refractivity contribution in [1.29, 1.82) is 0 Å². The summed E-state index contributed by atoms with van der Waals surface area (Å²) in [6.07, 6.45) is 0. The first-order valence-electron chi connectivity index (χ1n) is 8.36. The standard InChI is InChI=1S/C20H18N2O3S/c1-13(15-6-8-17-18(10-15)25-12-24-17)21-19(23)11-26-20-9-7-14-4-2-3-5-16(14)22-20/h2-10,13H,11-12H2,1H3,(H,21,23). The normalized spacial score (nSPS) is 13.6. The minimum atomic E-state index is -0.109. The number of fused-ring (bicyclic) bond motifs is 2. The van der Waals surface area contributed by atoms with Gasteiger partial charge in [-0.2, -0.15) is 0 Å². The highest BCUT2D eigenvalue weighted by molar-refractivity contribution is 7.99. The van der Waals surface area contributed by atoms with Gasteiger partial charge < -0.3 is 14.8 Å². The first kappa shape index (κ1) is 16.7. The van der Waals surface area contributed by atoms with E-state index in [0.717, 1.165) is 33.0 Å². The highest BCUT2D eigenvalue weighted by atomic mass is 32.2. The Morgan fingerprint density at radius 1 is 1.15 bits per heavy atom. The highest BCUT2D eigenvalue weighted by Gasteiger charge is 2.17. The molecule has 1 unspecified atom stereocenters. The van der Waals surface area contributed by atoms with Gasteiger partial charge in [0.15, 0.2) is 11.5 Å². The third-order valence-electron chi connectivity index (χ3n) is 4.20. The smallest absolute Gasteiger partial charge is 0.231 e. The van der Waals surface area contributed by atoms with Crippen molar-refractivity contribution in [3.8, 4) is 11.5 Å². The maximum absolute atomic E-state index is 12.3. The van der Waals surface area contributed by atoms with Crippen LogP contribution >= 0.6 is 11.8 Å². The van der Waals surface area contributed by atoms with E-state index < -0.39 is 0 Å². The minimum absolute atomic E-state index is 0.0323. The molecular formula is C20H18N2O3S. The van der Waals surface area contributed by atoms with Gasteiger partial charge in [-0.15, -0.1) is 0 Å². The molecule has 0 fully saturated rings. The van der Waals surface area contributed by atoms with Crippen LogP contribution in [0.5, 0.6) is 11.5 Å². The number of rotatable bonds is 5. The van der Waals surface area contributed by atoms with Crippen LogP contribution in [0.3, 0.4) is 0 Å². The Hall–Kier alpha value is -2.73. The number of carbonyl (C=O) groups is 1. The molecule has 132 valence electrons. The maximum atomic E-state index is 12.3. The van der Waals surface area contributed by atoms with Crippen LogP contribution in [0.1, 0.15) is 18.5 Å². The number of amides is 1. The summed E-state index contributed by atoms with van der Waals surface area (Å²) in [5, 5.41) is 4.95. The van der Waals surface area contributed by atoms with Crippen LogP contribution in [0, 0.1) is 0 Å². The lowest BCUT2D eigenvalue weighted by Crippen LogP contribution is -2.28. The Balaban J connectivity index is 1.35. The fraction of sp³-hybridized carbons (Fsp3) is 0.200. The van der Waals surface area contributed by atoms with Gasteiger partial charge in [0, 0.05) is 5.39 Å². The van der Waals surface area contributed by atoms with Crippen molar-refractivity contribution in [2.45, 2.75) is 18.0 Å². The van der Waals surface area contributed by atoms with Gasteiger partial charge in [-0.3, -0.25) is 4.79 Å². The summed E-state index contributed by atoms with van der Waals surface area (Å²) in [5.74, 6) is 1.75. The van der Waals surface area contributed by atoms with Crippen LogP contribution in [-0.2, 0) is 4.79 Å². The molecule has 1 aliphatic rings. The molecule has 0 saturated heterocycles. The predicted octanol–water partition coefficient (Wildman–Crippen LogP) is 3.93. The van der Waals surface area contributed by atoms with Crippen LogP contribution in [0.15, 0.2) is 59.6 Å². The molecule has 1 aliphatic heterocycles. The Morgan fingerprint density at radius 2 is 2.00 bits per heavy atom. The largest absolute Gasteiger partial charge is 0.454 e. The summed E-state index contributed by atoms with van der Waals surface area (Å²) in [6, 6.07) is 17.5. The molecule has 4 rings (SSSR count). The summed E-state index contributed by atoms with van der Waals surface area (Å²) in [7, 11) is 0. The van der Waals surface area contributed by atoms with E-state index in [1.54, 1.807) is 0 Å². The van der Waals surface area contributed by atoms with E-state index >= 15 is 0 Å². The number of pyridine rings is 1. The van der Waals surface area contributed by atoms with Crippen molar-refractivity contribution in [1.82, 2.24) is 10.3 Å². The van der Waals surface area contributed by atoms with Crippen LogP contribution in [0.25, 0.3) is 10.9 Å². The molecule has 1 atom stereocenters. The molecule has 5 nitrogen and oxygen atoms in total. The number of thioether (sulfide) groups is 1. The summed E-state index contributed by atoms with van der Waals surface area (Å²) >= 11 is 1.43. The molecule has 6 heteroatoms. The third-order valence-corrected chi connectivity index (χ3v) is 5.13. The molecule has 3 aromatic rings. The van der Waals surface area contributed by atoms with Crippen molar-refractivity contribution >= 4 is 28.6 Å². The lowest BCUT2D eigenvalue weighted by atomic mass is 10.1. The molecular weight excluding hydrogens is 348 g/mol. The number of hydrogen-bond donors (Lipinski definition) is 1. The monoisotopic (exact) mass is 366 g/mol. The van der Waals surface area contributed by atoms with Crippen LogP contribution < -0.4 is 14.8 Å². The van der Waals surface area contributed by atoms with Crippen molar-refractivity contribution in [3.63, 3.8) is 0 Å². The minimum Gasteiger partial charge on any atom is -0.454 e. The number of carbonyl (C=O) groups excluding carboxylic acids is 1. The third kappa shape index (κ3) is 3.60. The van der Waals surface area contributed by atoms with Crippen molar-refractivity contribution in [2.24, 2.45) is 0 Å². The van der Waals surface area contributed by atoms with Crippen molar-refractivity contribution in [2.75, 3.05) is 12.5 Å². The van der Waals surface area contributed by atoms with Gasteiger partial charge in [0.25, 0.3) is 0 Å². The number of ether oxygens (including phenoxy) is 2. The number of benzene rings is 2. The molecule has 1 N–H and O–H groups in total. The number of aromatic nitrogens is 1. The van der Waals surface area contributed by atoms with Crippen molar-refractivity contribution in [3.05, 3.63) is 60.2 Å². The second-order valence-corrected chi connectivity index (χ2v) is 7.03. The van der Waals surface area contributed by atoms with Gasteiger partial charge in [0.2, 0.25) is 12.7 Å². The Morgan fingerprint density at radius 3 is 2.92 bits per heavy atom. The molecule has 26 heavy (non-hydrogen) atoms. The maximum Gasteiger partial charge on any atom is 0.231 e. The summed E-state index contributed by atoms with van der Waals surface area (Å²) in [6.45, 7) is 2.20. The predicted molar refractivity (Wildman–Crippen MR) is 102 cm³/mol. The topological polar surface area (TPSA) is 60.5 Å². The lowest BCUT2D eigenvalue weighted by molar-refractivity contribution is -0.119. The first-order valence-corrected chi connectivity index (χ1v) is 9.35. The van der Waals surface area contributed by atoms with E-state index in [1.165, 1.54) is 11.8 Å². The average Bonchev–Trinajstić information content (AvgIpc) is 3.14. The van der Waals surface area contributed by atoms with Gasteiger partial charge in [-0.1, -0.05) is 42.1 Å². The Kier molecular flexibility index (Phi) is 4.67. The van der Waals surface area contributed by atoms with Gasteiger partial charge in [0.05, 0.1) is 22.3 Å². The number of nitrogens with one attached hydrogen (secondary N) is 1. The molecule has 0 aliphatic carbocycles. The zero-order valence-corrected chi connectivity index (χ0v) is 15.1. The van der Waals surface area contributed by atoms with E-state index in [1.807, 2.05) is 61.5 Å². The number of hydrogen-bond acceptors (Lipinski definition) is 5. The number of para-hydroxylation sites is 1. The average molecular weight is 366 g/mol. The number of nitrogens with zero attached hydrogens (tertiary/aromatic N) is 1. The van der Waals surface area contributed by atoms with Gasteiger partial charge in [-0.25, -0.2) is 4.98 Å². The zero-order chi connectivity index (χ0) is 17.9. The Labute approximate surface area is 155 Å². The second kappa shape index (κ2) is 7.25. The molecule has 2 heterocycles. The molecule has 1 amide bonds. The summed E-state index contributed by atoms with van der Waals surface area (Å²) in [4.78, 5) is 16.9. The van der Waals surface area contributed by atoms with Crippen LogP contribution in [0.4, 0.5) is 0 Å². The van der Waals surface area contributed by atoms with Crippen LogP contribution in [0.2, 0.25) is 0 Å². The van der Waals surface area contributed by atoms with Gasteiger partial charge in [-0.05, 0) is 36.8 Å². The molecule has 1 aromatic heterocycles. The van der Waals surface area contributed by atoms with E-state index in [0.29, 0.717) is 5.75 Å². The van der Waals surface area contributed by atoms with E-state index in [-0.39, 0.29) is 18.7 Å². The van der Waals surface area contributed by atoms with E-state index in [9.17, 15) is 4.79 Å². The van der Waals surface area contributed by atoms with E-state index in [4.69, 9.17) is 9.47 Å². The highest BCUT2D eigenvalue weighted by Crippen LogP contribution is 2.34. The quantitative estimate of drug-likeness (QED) is 0.693.